The van der Waals surface area contributed by atoms with Crippen LogP contribution in [-0.4, -0.2) is 16.2 Å². The minimum atomic E-state index is -0.965. The normalized spacial score (nSPS) is 12.5. The number of hydrogen-bond donors (Lipinski definition) is 2. The van der Waals surface area contributed by atoms with Gasteiger partial charge in [-0.3, -0.25) is 4.79 Å². The third-order valence-electron chi connectivity index (χ3n) is 1.82. The van der Waals surface area contributed by atoms with Gasteiger partial charge in [-0.25, -0.2) is 0 Å². The maximum absolute atomic E-state index is 10.6. The summed E-state index contributed by atoms with van der Waals surface area (Å²) in [7, 11) is 0. The molecular formula is C9H9ClO3. The summed E-state index contributed by atoms with van der Waals surface area (Å²) < 4.78 is 0. The fraction of sp³-hybridized carbons (Fsp3) is 0.222. The third-order valence-corrected chi connectivity index (χ3v) is 2.16. The molecule has 0 heterocycles. The predicted molar refractivity (Wildman–Crippen MR) is 49.2 cm³/mol. The Labute approximate surface area is 80.6 Å². The van der Waals surface area contributed by atoms with E-state index in [-0.39, 0.29) is 5.75 Å². The summed E-state index contributed by atoms with van der Waals surface area (Å²) in [6.07, 6.45) is 0. The first kappa shape index (κ1) is 9.86. The number of benzene rings is 1. The highest BCUT2D eigenvalue weighted by atomic mass is 35.5. The van der Waals surface area contributed by atoms with Crippen molar-refractivity contribution in [2.45, 2.75) is 12.8 Å². The number of rotatable bonds is 2. The number of halogens is 1. The van der Waals surface area contributed by atoms with Crippen molar-refractivity contribution in [3.8, 4) is 5.75 Å². The average Bonchev–Trinajstić information content (AvgIpc) is 2.08. The highest BCUT2D eigenvalue weighted by Gasteiger charge is 2.16. The van der Waals surface area contributed by atoms with Crippen LogP contribution in [0.15, 0.2) is 18.2 Å². The predicted octanol–water partition coefficient (Wildman–Crippen LogP) is 2.23. The Bertz CT molecular complexity index is 336. The molecular weight excluding hydrogens is 192 g/mol. The van der Waals surface area contributed by atoms with E-state index in [1.54, 1.807) is 0 Å². The van der Waals surface area contributed by atoms with Crippen LogP contribution in [0, 0.1) is 0 Å². The Morgan fingerprint density at radius 1 is 1.54 bits per heavy atom. The molecule has 3 nitrogen and oxygen atoms in total. The number of carboxylic acid groups (broad SMARTS) is 1. The minimum absolute atomic E-state index is 0.0208. The molecule has 0 bridgehead atoms. The monoisotopic (exact) mass is 200 g/mol. The van der Waals surface area contributed by atoms with Crippen LogP contribution in [0.1, 0.15) is 18.4 Å². The number of aromatic hydroxyl groups is 1. The molecule has 4 heteroatoms. The topological polar surface area (TPSA) is 57.5 Å². The molecule has 0 radical (unpaired) electrons. The van der Waals surface area contributed by atoms with E-state index < -0.39 is 11.9 Å². The van der Waals surface area contributed by atoms with Crippen molar-refractivity contribution in [3.63, 3.8) is 0 Å². The SMILES string of the molecule is CC(C(=O)O)c1cc(O)ccc1Cl. The van der Waals surface area contributed by atoms with Crippen LogP contribution in [0.4, 0.5) is 0 Å². The molecule has 1 atom stereocenters. The summed E-state index contributed by atoms with van der Waals surface area (Å²) >= 11 is 5.76. The lowest BCUT2D eigenvalue weighted by Crippen LogP contribution is -2.07. The molecule has 0 amide bonds. The van der Waals surface area contributed by atoms with Gasteiger partial charge >= 0.3 is 5.97 Å². The van der Waals surface area contributed by atoms with Gasteiger partial charge in [-0.05, 0) is 30.7 Å². The molecule has 1 aromatic carbocycles. The molecule has 0 spiro atoms. The summed E-state index contributed by atoms with van der Waals surface area (Å²) in [4.78, 5) is 10.6. The molecule has 1 rings (SSSR count). The molecule has 0 saturated carbocycles. The lowest BCUT2D eigenvalue weighted by molar-refractivity contribution is -0.138. The number of phenols is 1. The van der Waals surface area contributed by atoms with Crippen LogP contribution in [0.25, 0.3) is 0 Å². The Morgan fingerprint density at radius 3 is 2.69 bits per heavy atom. The maximum Gasteiger partial charge on any atom is 0.310 e. The van der Waals surface area contributed by atoms with Crippen LogP contribution in [0.3, 0.4) is 0 Å². The van der Waals surface area contributed by atoms with Crippen molar-refractivity contribution in [3.05, 3.63) is 28.8 Å². The molecule has 2 N–H and O–H groups in total. The first-order valence-electron chi connectivity index (χ1n) is 3.73. The number of carboxylic acids is 1. The molecule has 0 aromatic heterocycles. The van der Waals surface area contributed by atoms with E-state index in [2.05, 4.69) is 0 Å². The molecule has 1 unspecified atom stereocenters. The van der Waals surface area contributed by atoms with Gasteiger partial charge in [0.25, 0.3) is 0 Å². The zero-order valence-corrected chi connectivity index (χ0v) is 7.75. The highest BCUT2D eigenvalue weighted by molar-refractivity contribution is 6.31. The first-order valence-corrected chi connectivity index (χ1v) is 4.11. The second kappa shape index (κ2) is 3.66. The molecule has 0 aliphatic rings. The van der Waals surface area contributed by atoms with E-state index >= 15 is 0 Å². The Kier molecular flexibility index (Phi) is 2.78. The summed E-state index contributed by atoms with van der Waals surface area (Å²) in [6, 6.07) is 4.26. The fourth-order valence-corrected chi connectivity index (χ4v) is 1.28. The van der Waals surface area contributed by atoms with Gasteiger partial charge in [-0.1, -0.05) is 11.6 Å². The number of carbonyl (C=O) groups is 1. The van der Waals surface area contributed by atoms with Gasteiger partial charge in [0.05, 0.1) is 5.92 Å². The molecule has 0 saturated heterocycles. The van der Waals surface area contributed by atoms with Crippen LogP contribution in [0.2, 0.25) is 5.02 Å². The van der Waals surface area contributed by atoms with E-state index in [4.69, 9.17) is 21.8 Å². The van der Waals surface area contributed by atoms with Crippen molar-refractivity contribution in [1.29, 1.82) is 0 Å². The van der Waals surface area contributed by atoms with Crippen molar-refractivity contribution in [2.75, 3.05) is 0 Å². The zero-order chi connectivity index (χ0) is 10.0. The Balaban J connectivity index is 3.12. The number of aliphatic carboxylic acids is 1. The second-order valence-electron chi connectivity index (χ2n) is 2.77. The summed E-state index contributed by atoms with van der Waals surface area (Å²) in [6.45, 7) is 1.52. The van der Waals surface area contributed by atoms with Crippen LogP contribution >= 0.6 is 11.6 Å². The zero-order valence-electron chi connectivity index (χ0n) is 6.99. The van der Waals surface area contributed by atoms with E-state index in [0.717, 1.165) is 0 Å². The van der Waals surface area contributed by atoms with Crippen LogP contribution in [0.5, 0.6) is 5.75 Å². The van der Waals surface area contributed by atoms with Gasteiger partial charge in [-0.15, -0.1) is 0 Å². The second-order valence-corrected chi connectivity index (χ2v) is 3.17. The Hall–Kier alpha value is -1.22. The quantitative estimate of drug-likeness (QED) is 0.770. The summed E-state index contributed by atoms with van der Waals surface area (Å²) in [5.74, 6) is -1.65. The smallest absolute Gasteiger partial charge is 0.310 e. The largest absolute Gasteiger partial charge is 0.508 e. The lowest BCUT2D eigenvalue weighted by Gasteiger charge is -2.08. The number of phenolic OH excluding ortho intramolecular Hbond substituents is 1. The van der Waals surface area contributed by atoms with E-state index in [9.17, 15) is 4.79 Å². The fourth-order valence-electron chi connectivity index (χ4n) is 0.996. The average molecular weight is 201 g/mol. The van der Waals surface area contributed by atoms with E-state index in [1.807, 2.05) is 0 Å². The van der Waals surface area contributed by atoms with Gasteiger partial charge in [0.1, 0.15) is 5.75 Å². The van der Waals surface area contributed by atoms with Crippen molar-refractivity contribution in [1.82, 2.24) is 0 Å². The molecule has 0 aliphatic carbocycles. The van der Waals surface area contributed by atoms with Crippen molar-refractivity contribution < 1.29 is 15.0 Å². The molecule has 0 aliphatic heterocycles. The van der Waals surface area contributed by atoms with Gasteiger partial charge in [0.2, 0.25) is 0 Å². The van der Waals surface area contributed by atoms with Gasteiger partial charge in [0.15, 0.2) is 0 Å². The Morgan fingerprint density at radius 2 is 2.15 bits per heavy atom. The third kappa shape index (κ3) is 2.12. The number of hydrogen-bond acceptors (Lipinski definition) is 2. The van der Waals surface area contributed by atoms with Gasteiger partial charge in [-0.2, -0.15) is 0 Å². The molecule has 0 fully saturated rings. The highest BCUT2D eigenvalue weighted by Crippen LogP contribution is 2.27. The van der Waals surface area contributed by atoms with Crippen LogP contribution in [-0.2, 0) is 4.79 Å². The standard InChI is InChI=1S/C9H9ClO3/c1-5(9(12)13)7-4-6(11)2-3-8(7)10/h2-5,11H,1H3,(H,12,13). The van der Waals surface area contributed by atoms with Crippen molar-refractivity contribution in [2.24, 2.45) is 0 Å². The van der Waals surface area contributed by atoms with Crippen LogP contribution < -0.4 is 0 Å². The molecule has 13 heavy (non-hydrogen) atoms. The van der Waals surface area contributed by atoms with E-state index in [0.29, 0.717) is 10.6 Å². The lowest BCUT2D eigenvalue weighted by atomic mass is 10.0. The minimum Gasteiger partial charge on any atom is -0.508 e. The molecule has 70 valence electrons. The maximum atomic E-state index is 10.6. The van der Waals surface area contributed by atoms with Crippen molar-refractivity contribution >= 4 is 17.6 Å². The summed E-state index contributed by atoms with van der Waals surface area (Å²) in [5, 5.41) is 18.2. The van der Waals surface area contributed by atoms with Gasteiger partial charge < -0.3 is 10.2 Å². The summed E-state index contributed by atoms with van der Waals surface area (Å²) in [5.41, 5.74) is 0.425. The molecule has 1 aromatic rings. The first-order chi connectivity index (χ1) is 6.02. The van der Waals surface area contributed by atoms with E-state index in [1.165, 1.54) is 25.1 Å². The van der Waals surface area contributed by atoms with Gasteiger partial charge in [0, 0.05) is 5.02 Å².